The molecule has 5 nitrogen and oxygen atoms in total. The third-order valence-electron chi connectivity index (χ3n) is 3.27. The fourth-order valence-electron chi connectivity index (χ4n) is 2.11. The number of thiophene rings is 1. The minimum atomic E-state index is -2.88. The number of benzene rings is 1. The quantitative estimate of drug-likeness (QED) is 0.326. The van der Waals surface area contributed by atoms with E-state index in [4.69, 9.17) is 4.74 Å². The Labute approximate surface area is 172 Å². The molecule has 0 aliphatic carbocycles. The number of alkyl halides is 2. The van der Waals surface area contributed by atoms with E-state index in [-0.39, 0.29) is 36.3 Å². The van der Waals surface area contributed by atoms with E-state index >= 15 is 0 Å². The molecule has 0 aliphatic rings. The van der Waals surface area contributed by atoms with Crippen LogP contribution in [0.4, 0.5) is 8.78 Å². The molecule has 0 aliphatic heterocycles. The molecule has 1 heterocycles. The van der Waals surface area contributed by atoms with Crippen LogP contribution in [-0.4, -0.2) is 26.2 Å². The fourth-order valence-corrected chi connectivity index (χ4v) is 2.77. The summed E-state index contributed by atoms with van der Waals surface area (Å²) < 4.78 is 34.9. The molecule has 0 saturated heterocycles. The van der Waals surface area contributed by atoms with Gasteiger partial charge in [-0.15, -0.1) is 24.0 Å². The van der Waals surface area contributed by atoms with Crippen molar-refractivity contribution in [1.29, 1.82) is 0 Å². The van der Waals surface area contributed by atoms with Gasteiger partial charge in [-0.2, -0.15) is 20.1 Å². The van der Waals surface area contributed by atoms with Gasteiger partial charge in [0.1, 0.15) is 11.5 Å². The molecular weight excluding hydrogens is 475 g/mol. The number of hydrogen-bond donors (Lipinski definition) is 2. The molecular formula is C17H22F2IN3O2S. The van der Waals surface area contributed by atoms with E-state index in [1.54, 1.807) is 23.5 Å². The van der Waals surface area contributed by atoms with Crippen LogP contribution < -0.4 is 20.1 Å². The first-order chi connectivity index (χ1) is 12.1. The Morgan fingerprint density at radius 2 is 2.08 bits per heavy atom. The molecule has 9 heteroatoms. The van der Waals surface area contributed by atoms with Crippen molar-refractivity contribution in [3.63, 3.8) is 0 Å². The van der Waals surface area contributed by atoms with Gasteiger partial charge >= 0.3 is 6.61 Å². The molecule has 0 amide bonds. The molecule has 0 atom stereocenters. The zero-order valence-corrected chi connectivity index (χ0v) is 17.6. The molecule has 0 spiro atoms. The Kier molecular flexibility index (Phi) is 10.3. The van der Waals surface area contributed by atoms with Crippen LogP contribution in [0.25, 0.3) is 0 Å². The van der Waals surface area contributed by atoms with Crippen LogP contribution >= 0.6 is 35.3 Å². The topological polar surface area (TPSA) is 54.9 Å². The molecule has 2 aromatic rings. The predicted octanol–water partition coefficient (Wildman–Crippen LogP) is 4.23. The first-order valence-corrected chi connectivity index (χ1v) is 8.71. The van der Waals surface area contributed by atoms with E-state index in [1.165, 1.54) is 13.2 Å². The Morgan fingerprint density at radius 1 is 1.27 bits per heavy atom. The molecule has 2 N–H and O–H groups in total. The lowest BCUT2D eigenvalue weighted by atomic mass is 10.2. The average molecular weight is 497 g/mol. The summed E-state index contributed by atoms with van der Waals surface area (Å²) in [5, 5.41) is 10.3. The van der Waals surface area contributed by atoms with E-state index in [9.17, 15) is 8.78 Å². The Balaban J connectivity index is 0.00000338. The second-order valence-corrected chi connectivity index (χ2v) is 5.81. The van der Waals surface area contributed by atoms with Crippen LogP contribution in [0, 0.1) is 0 Å². The van der Waals surface area contributed by atoms with Crippen molar-refractivity contribution in [3.05, 3.63) is 46.2 Å². The first kappa shape index (κ1) is 22.4. The van der Waals surface area contributed by atoms with Crippen molar-refractivity contribution in [3.8, 4) is 11.5 Å². The van der Waals surface area contributed by atoms with Crippen LogP contribution in [0.3, 0.4) is 0 Å². The summed E-state index contributed by atoms with van der Waals surface area (Å²) in [6.07, 6.45) is 0. The summed E-state index contributed by atoms with van der Waals surface area (Å²) in [6, 6.07) is 6.72. The van der Waals surface area contributed by atoms with E-state index in [2.05, 4.69) is 20.4 Å². The highest BCUT2D eigenvalue weighted by Crippen LogP contribution is 2.25. The van der Waals surface area contributed by atoms with Crippen LogP contribution in [0.1, 0.15) is 18.1 Å². The van der Waals surface area contributed by atoms with Gasteiger partial charge in [-0.05, 0) is 47.5 Å². The first-order valence-electron chi connectivity index (χ1n) is 7.77. The summed E-state index contributed by atoms with van der Waals surface area (Å²) in [6.45, 7) is 0.575. The second kappa shape index (κ2) is 11.9. The lowest BCUT2D eigenvalue weighted by Crippen LogP contribution is -2.36. The highest BCUT2D eigenvalue weighted by Gasteiger charge is 2.11. The lowest BCUT2D eigenvalue weighted by molar-refractivity contribution is -0.0504. The summed E-state index contributed by atoms with van der Waals surface area (Å²) in [5.41, 5.74) is 1.67. The standard InChI is InChI=1S/C17H21F2N3O2S.HI/c1-3-20-17(21-9-12-6-7-25-11-12)22-10-13-8-14(23-2)4-5-15(13)24-16(18)19;/h4-8,11,16H,3,9-10H2,1-2H3,(H2,20,21,22);1H. The monoisotopic (exact) mass is 497 g/mol. The van der Waals surface area contributed by atoms with E-state index in [1.807, 2.05) is 23.8 Å². The van der Waals surface area contributed by atoms with Gasteiger partial charge in [0.25, 0.3) is 0 Å². The van der Waals surface area contributed by atoms with Crippen LogP contribution in [0.5, 0.6) is 11.5 Å². The molecule has 26 heavy (non-hydrogen) atoms. The smallest absolute Gasteiger partial charge is 0.387 e. The number of halogens is 3. The fraction of sp³-hybridized carbons (Fsp3) is 0.353. The molecule has 1 aromatic heterocycles. The van der Waals surface area contributed by atoms with Gasteiger partial charge in [0, 0.05) is 18.7 Å². The van der Waals surface area contributed by atoms with Gasteiger partial charge in [-0.25, -0.2) is 4.99 Å². The molecule has 1 aromatic carbocycles. The van der Waals surface area contributed by atoms with Crippen molar-refractivity contribution < 1.29 is 18.3 Å². The van der Waals surface area contributed by atoms with E-state index in [0.29, 0.717) is 30.4 Å². The van der Waals surface area contributed by atoms with Crippen molar-refractivity contribution in [2.45, 2.75) is 26.6 Å². The molecule has 0 saturated carbocycles. The maximum Gasteiger partial charge on any atom is 0.387 e. The Hall–Kier alpha value is -1.62. The average Bonchev–Trinajstić information content (AvgIpc) is 3.11. The predicted molar refractivity (Wildman–Crippen MR) is 111 cm³/mol. The molecule has 0 bridgehead atoms. The van der Waals surface area contributed by atoms with E-state index < -0.39 is 6.61 Å². The second-order valence-electron chi connectivity index (χ2n) is 5.03. The highest BCUT2D eigenvalue weighted by molar-refractivity contribution is 14.0. The normalized spacial score (nSPS) is 11.0. The number of hydrogen-bond acceptors (Lipinski definition) is 4. The largest absolute Gasteiger partial charge is 0.497 e. The van der Waals surface area contributed by atoms with Gasteiger partial charge in [0.15, 0.2) is 5.96 Å². The van der Waals surface area contributed by atoms with Gasteiger partial charge in [0.05, 0.1) is 13.7 Å². The number of aliphatic imine (C=N–C) groups is 1. The van der Waals surface area contributed by atoms with Crippen LogP contribution in [-0.2, 0) is 13.1 Å². The highest BCUT2D eigenvalue weighted by atomic mass is 127. The third-order valence-corrected chi connectivity index (χ3v) is 4.01. The summed E-state index contributed by atoms with van der Waals surface area (Å²) in [4.78, 5) is 4.49. The van der Waals surface area contributed by atoms with E-state index in [0.717, 1.165) is 5.56 Å². The number of ether oxygens (including phenoxy) is 2. The number of methoxy groups -OCH3 is 1. The van der Waals surface area contributed by atoms with Crippen molar-refractivity contribution in [2.24, 2.45) is 4.99 Å². The van der Waals surface area contributed by atoms with Gasteiger partial charge in [0.2, 0.25) is 0 Å². The summed E-state index contributed by atoms with van der Waals surface area (Å²) in [5.74, 6) is 1.27. The Bertz CT molecular complexity index is 685. The number of rotatable bonds is 8. The minimum absolute atomic E-state index is 0. The minimum Gasteiger partial charge on any atom is -0.497 e. The lowest BCUT2D eigenvalue weighted by Gasteiger charge is -2.15. The molecule has 0 fully saturated rings. The van der Waals surface area contributed by atoms with Gasteiger partial charge < -0.3 is 20.1 Å². The van der Waals surface area contributed by atoms with Crippen LogP contribution in [0.2, 0.25) is 0 Å². The zero-order valence-electron chi connectivity index (χ0n) is 14.5. The van der Waals surface area contributed by atoms with Crippen molar-refractivity contribution in [2.75, 3.05) is 13.7 Å². The Morgan fingerprint density at radius 3 is 2.69 bits per heavy atom. The summed E-state index contributed by atoms with van der Waals surface area (Å²) in [7, 11) is 1.52. The maximum absolute atomic E-state index is 12.6. The van der Waals surface area contributed by atoms with Crippen molar-refractivity contribution in [1.82, 2.24) is 10.6 Å². The summed E-state index contributed by atoms with van der Waals surface area (Å²) >= 11 is 1.62. The van der Waals surface area contributed by atoms with Crippen molar-refractivity contribution >= 4 is 41.3 Å². The van der Waals surface area contributed by atoms with Gasteiger partial charge in [-0.3, -0.25) is 0 Å². The zero-order chi connectivity index (χ0) is 18.1. The molecule has 2 rings (SSSR count). The molecule has 144 valence electrons. The number of nitrogens with zero attached hydrogens (tertiary/aromatic N) is 1. The van der Waals surface area contributed by atoms with Crippen LogP contribution in [0.15, 0.2) is 40.0 Å². The SMILES string of the molecule is CCNC(=NCc1ccsc1)NCc1cc(OC)ccc1OC(F)F.I. The van der Waals surface area contributed by atoms with Gasteiger partial charge in [-0.1, -0.05) is 0 Å². The molecule has 0 unspecified atom stereocenters. The number of nitrogens with one attached hydrogen (secondary N) is 2. The maximum atomic E-state index is 12.6. The number of guanidine groups is 1. The molecule has 0 radical (unpaired) electrons. The third kappa shape index (κ3) is 7.32.